The molecule has 1 fully saturated rings. The third kappa shape index (κ3) is 4.02. The van der Waals surface area contributed by atoms with Crippen molar-refractivity contribution in [3.8, 4) is 0 Å². The van der Waals surface area contributed by atoms with Crippen LogP contribution in [0.2, 0.25) is 0 Å². The van der Waals surface area contributed by atoms with Crippen LogP contribution in [0.3, 0.4) is 0 Å². The normalized spacial score (nSPS) is 19.9. The lowest BCUT2D eigenvalue weighted by Gasteiger charge is -2.32. The molecule has 5 heteroatoms. The number of nitrogens with zero attached hydrogens (tertiary/aromatic N) is 1. The van der Waals surface area contributed by atoms with Crippen molar-refractivity contribution in [2.75, 3.05) is 26.8 Å². The van der Waals surface area contributed by atoms with Gasteiger partial charge in [-0.15, -0.1) is 0 Å². The Morgan fingerprint density at radius 1 is 1.55 bits per heavy atom. The first-order chi connectivity index (χ1) is 9.58. The van der Waals surface area contributed by atoms with Crippen molar-refractivity contribution in [2.45, 2.75) is 26.0 Å². The molecule has 0 spiro atoms. The largest absolute Gasteiger partial charge is 0.469 e. The lowest BCUT2D eigenvalue weighted by Crippen LogP contribution is -2.43. The average molecular weight is 281 g/mol. The zero-order valence-corrected chi connectivity index (χ0v) is 11.9. The summed E-state index contributed by atoms with van der Waals surface area (Å²) in [7, 11) is 1.37. The molecule has 1 atom stereocenters. The molecule has 1 aromatic carbocycles. The molecule has 1 aliphatic heterocycles. The number of carbonyl (C=O) groups is 1. The lowest BCUT2D eigenvalue weighted by atomic mass is 10.1. The molecular formula is C15H20FNO3. The van der Waals surface area contributed by atoms with E-state index in [1.165, 1.54) is 13.2 Å². The second kappa shape index (κ2) is 6.81. The second-order valence-electron chi connectivity index (χ2n) is 5.08. The van der Waals surface area contributed by atoms with E-state index in [0.29, 0.717) is 19.7 Å². The molecule has 0 aromatic heterocycles. The average Bonchev–Trinajstić information content (AvgIpc) is 2.43. The summed E-state index contributed by atoms with van der Waals surface area (Å²) in [6, 6.07) is 4.83. The van der Waals surface area contributed by atoms with Gasteiger partial charge in [-0.1, -0.05) is 6.07 Å². The topological polar surface area (TPSA) is 38.8 Å². The second-order valence-corrected chi connectivity index (χ2v) is 5.08. The fourth-order valence-electron chi connectivity index (χ4n) is 2.37. The summed E-state index contributed by atoms with van der Waals surface area (Å²) in [5.41, 5.74) is 2.05. The minimum Gasteiger partial charge on any atom is -0.469 e. The summed E-state index contributed by atoms with van der Waals surface area (Å²) in [4.78, 5) is 13.5. The van der Waals surface area contributed by atoms with Gasteiger partial charge in [0.2, 0.25) is 0 Å². The highest BCUT2D eigenvalue weighted by Gasteiger charge is 2.23. The van der Waals surface area contributed by atoms with Crippen LogP contribution in [0.15, 0.2) is 18.2 Å². The number of halogens is 1. The SMILES string of the molecule is COC(=O)CC1CN(Cc2cc(F)ccc2C)CCO1. The summed E-state index contributed by atoms with van der Waals surface area (Å²) in [6.45, 7) is 4.67. The molecule has 0 aliphatic carbocycles. The minimum atomic E-state index is -0.265. The summed E-state index contributed by atoms with van der Waals surface area (Å²) >= 11 is 0. The lowest BCUT2D eigenvalue weighted by molar-refractivity contribution is -0.145. The predicted molar refractivity (Wildman–Crippen MR) is 72.8 cm³/mol. The van der Waals surface area contributed by atoms with Gasteiger partial charge in [0.25, 0.3) is 0 Å². The number of rotatable bonds is 4. The van der Waals surface area contributed by atoms with Crippen molar-refractivity contribution >= 4 is 5.97 Å². The zero-order chi connectivity index (χ0) is 14.5. The van der Waals surface area contributed by atoms with Gasteiger partial charge in [0.1, 0.15) is 5.82 Å². The molecule has 20 heavy (non-hydrogen) atoms. The highest BCUT2D eigenvalue weighted by molar-refractivity contribution is 5.69. The van der Waals surface area contributed by atoms with Crippen molar-refractivity contribution in [2.24, 2.45) is 0 Å². The molecule has 4 nitrogen and oxygen atoms in total. The van der Waals surface area contributed by atoms with Gasteiger partial charge in [0.05, 0.1) is 26.2 Å². The third-order valence-electron chi connectivity index (χ3n) is 3.55. The summed E-state index contributed by atoms with van der Waals surface area (Å²) in [5.74, 6) is -0.483. The maximum absolute atomic E-state index is 13.3. The number of ether oxygens (including phenoxy) is 2. The Bertz CT molecular complexity index is 478. The Balaban J connectivity index is 1.95. The molecule has 0 N–H and O–H groups in total. The monoisotopic (exact) mass is 281 g/mol. The number of hydrogen-bond donors (Lipinski definition) is 0. The van der Waals surface area contributed by atoms with Crippen molar-refractivity contribution < 1.29 is 18.7 Å². The fraction of sp³-hybridized carbons (Fsp3) is 0.533. The highest BCUT2D eigenvalue weighted by Crippen LogP contribution is 2.16. The van der Waals surface area contributed by atoms with Crippen LogP contribution in [-0.4, -0.2) is 43.8 Å². The van der Waals surface area contributed by atoms with Crippen LogP contribution in [0.5, 0.6) is 0 Å². The van der Waals surface area contributed by atoms with Crippen LogP contribution in [0.1, 0.15) is 17.5 Å². The Labute approximate surface area is 118 Å². The predicted octanol–water partition coefficient (Wildman–Crippen LogP) is 1.90. The van der Waals surface area contributed by atoms with Gasteiger partial charge in [0, 0.05) is 19.6 Å². The first-order valence-electron chi connectivity index (χ1n) is 6.74. The number of hydrogen-bond acceptors (Lipinski definition) is 4. The fourth-order valence-corrected chi connectivity index (χ4v) is 2.37. The first kappa shape index (κ1) is 14.9. The van der Waals surface area contributed by atoms with E-state index in [1.807, 2.05) is 6.92 Å². The van der Waals surface area contributed by atoms with Crippen molar-refractivity contribution in [3.05, 3.63) is 35.1 Å². The van der Waals surface area contributed by atoms with Crippen LogP contribution in [0.4, 0.5) is 4.39 Å². The van der Waals surface area contributed by atoms with Gasteiger partial charge in [0.15, 0.2) is 0 Å². The van der Waals surface area contributed by atoms with Gasteiger partial charge >= 0.3 is 5.97 Å². The van der Waals surface area contributed by atoms with Gasteiger partial charge in [-0.3, -0.25) is 9.69 Å². The number of carbonyl (C=O) groups excluding carboxylic acids is 1. The molecule has 1 saturated heterocycles. The number of aryl methyl sites for hydroxylation is 1. The first-order valence-corrected chi connectivity index (χ1v) is 6.74. The minimum absolute atomic E-state index is 0.148. The molecule has 110 valence electrons. The summed E-state index contributed by atoms with van der Waals surface area (Å²) < 4.78 is 23.5. The molecule has 1 aliphatic rings. The van der Waals surface area contributed by atoms with E-state index in [1.54, 1.807) is 12.1 Å². The number of methoxy groups -OCH3 is 1. The zero-order valence-electron chi connectivity index (χ0n) is 11.9. The highest BCUT2D eigenvalue weighted by atomic mass is 19.1. The summed E-state index contributed by atoms with van der Waals surface area (Å²) in [5, 5.41) is 0. The molecule has 0 saturated carbocycles. The van der Waals surface area contributed by atoms with E-state index < -0.39 is 0 Å². The third-order valence-corrected chi connectivity index (χ3v) is 3.55. The Kier molecular flexibility index (Phi) is 5.09. The van der Waals surface area contributed by atoms with Crippen LogP contribution in [-0.2, 0) is 20.8 Å². The van der Waals surface area contributed by atoms with Crippen LogP contribution >= 0.6 is 0 Å². The molecule has 0 radical (unpaired) electrons. The molecule has 1 aromatic rings. The van der Waals surface area contributed by atoms with Crippen molar-refractivity contribution in [1.82, 2.24) is 4.90 Å². The van der Waals surface area contributed by atoms with Crippen LogP contribution < -0.4 is 0 Å². The molecule has 0 amide bonds. The van der Waals surface area contributed by atoms with Crippen molar-refractivity contribution in [1.29, 1.82) is 0 Å². The number of esters is 1. The Morgan fingerprint density at radius 2 is 2.35 bits per heavy atom. The number of benzene rings is 1. The van der Waals surface area contributed by atoms with Gasteiger partial charge in [-0.2, -0.15) is 0 Å². The van der Waals surface area contributed by atoms with E-state index in [2.05, 4.69) is 9.64 Å². The standard InChI is InChI=1S/C15H20FNO3/c1-11-3-4-13(16)7-12(11)9-17-5-6-20-14(10-17)8-15(18)19-2/h3-4,7,14H,5-6,8-10H2,1-2H3. The van der Waals surface area contributed by atoms with Crippen LogP contribution in [0.25, 0.3) is 0 Å². The molecular weight excluding hydrogens is 261 g/mol. The van der Waals surface area contributed by atoms with Crippen molar-refractivity contribution in [3.63, 3.8) is 0 Å². The molecule has 1 unspecified atom stereocenters. The Hall–Kier alpha value is -1.46. The Morgan fingerprint density at radius 3 is 3.10 bits per heavy atom. The maximum atomic E-state index is 13.3. The summed E-state index contributed by atoms with van der Waals surface area (Å²) in [6.07, 6.45) is 0.111. The smallest absolute Gasteiger partial charge is 0.308 e. The quantitative estimate of drug-likeness (QED) is 0.790. The van der Waals surface area contributed by atoms with E-state index in [-0.39, 0.29) is 24.3 Å². The molecule has 2 rings (SSSR count). The number of morpholine rings is 1. The van der Waals surface area contributed by atoms with E-state index in [4.69, 9.17) is 4.74 Å². The van der Waals surface area contributed by atoms with E-state index >= 15 is 0 Å². The maximum Gasteiger partial charge on any atom is 0.308 e. The molecule has 0 bridgehead atoms. The van der Waals surface area contributed by atoms with Gasteiger partial charge in [-0.05, 0) is 30.2 Å². The van der Waals surface area contributed by atoms with Gasteiger partial charge < -0.3 is 9.47 Å². The molecule has 1 heterocycles. The van der Waals surface area contributed by atoms with E-state index in [0.717, 1.165) is 17.7 Å². The van der Waals surface area contributed by atoms with Gasteiger partial charge in [-0.25, -0.2) is 4.39 Å². The van der Waals surface area contributed by atoms with Crippen LogP contribution in [0, 0.1) is 12.7 Å². The van der Waals surface area contributed by atoms with E-state index in [9.17, 15) is 9.18 Å².